The predicted molar refractivity (Wildman–Crippen MR) is 35.5 cm³/mol. The molecule has 1 heterocycles. The average Bonchev–Trinajstić information content (AvgIpc) is 2.33. The lowest BCUT2D eigenvalue weighted by Gasteiger charge is -1.90. The van der Waals surface area contributed by atoms with Crippen molar-refractivity contribution in [2.75, 3.05) is 5.73 Å². The highest BCUT2D eigenvalue weighted by molar-refractivity contribution is 5.36. The second kappa shape index (κ2) is 3.12. The van der Waals surface area contributed by atoms with Gasteiger partial charge in [-0.3, -0.25) is 4.98 Å². The van der Waals surface area contributed by atoms with Gasteiger partial charge < -0.3 is 15.2 Å². The number of ether oxygens (including phenoxy) is 2. The minimum atomic E-state index is -0.156. The van der Waals surface area contributed by atoms with Gasteiger partial charge in [0.1, 0.15) is 0 Å². The number of hydrogen-bond donors (Lipinski definition) is 2. The molecule has 0 saturated heterocycles. The Bertz CT molecular complexity index is 323. The van der Waals surface area contributed by atoms with Crippen LogP contribution in [0.3, 0.4) is 0 Å². The van der Waals surface area contributed by atoms with Gasteiger partial charge in [0.15, 0.2) is 0 Å². The molecule has 0 saturated carbocycles. The van der Waals surface area contributed by atoms with Gasteiger partial charge in [-0.15, -0.1) is 10.5 Å². The fourth-order valence-corrected chi connectivity index (χ4v) is 0.585. The van der Waals surface area contributed by atoms with Crippen LogP contribution < -0.4 is 15.2 Å². The van der Waals surface area contributed by atoms with Crippen LogP contribution in [0.2, 0.25) is 0 Å². The first kappa shape index (κ1) is 7.69. The molecule has 3 N–H and O–H groups in total. The highest BCUT2D eigenvalue weighted by atomic mass is 16.5. The molecule has 0 spiro atoms. The molecular weight excluding hydrogens is 162 g/mol. The summed E-state index contributed by atoms with van der Waals surface area (Å²) in [7, 11) is 0. The number of nitrogen functional groups attached to an aromatic ring is 1. The smallest absolute Gasteiger partial charge is 0.298 e. The Kier molecular flexibility index (Phi) is 2.00. The van der Waals surface area contributed by atoms with E-state index in [4.69, 9.17) is 16.3 Å². The summed E-state index contributed by atoms with van der Waals surface area (Å²) in [5.41, 5.74) is 5.19. The van der Waals surface area contributed by atoms with E-state index in [2.05, 4.69) is 19.4 Å². The summed E-state index contributed by atoms with van der Waals surface area (Å²) in [5.74, 6) is -0.237. The zero-order chi connectivity index (χ0) is 8.97. The van der Waals surface area contributed by atoms with Gasteiger partial charge in [0.2, 0.25) is 5.95 Å². The van der Waals surface area contributed by atoms with Gasteiger partial charge in [-0.25, -0.2) is 0 Å². The molecule has 0 unspecified atom stereocenters. The molecule has 0 fully saturated rings. The third kappa shape index (κ3) is 1.36. The van der Waals surface area contributed by atoms with Crippen LogP contribution >= 0.6 is 0 Å². The van der Waals surface area contributed by atoms with Crippen molar-refractivity contribution >= 4 is 5.95 Å². The molecular formula is C5H3N5O2. The van der Waals surface area contributed by atoms with Gasteiger partial charge in [0.05, 0.1) is 0 Å². The maximum absolute atomic E-state index is 8.12. The molecule has 1 aromatic heterocycles. The van der Waals surface area contributed by atoms with Crippen LogP contribution in [0.1, 0.15) is 0 Å². The highest BCUT2D eigenvalue weighted by Gasteiger charge is 2.11. The van der Waals surface area contributed by atoms with Gasteiger partial charge in [0.25, 0.3) is 24.3 Å². The fraction of sp³-hybridized carbons (Fsp3) is 0. The molecule has 0 atom stereocenters. The van der Waals surface area contributed by atoms with Crippen LogP contribution in [-0.4, -0.2) is 9.97 Å². The van der Waals surface area contributed by atoms with E-state index in [1.807, 2.05) is 0 Å². The molecule has 0 aliphatic heterocycles. The number of imidazole rings is 1. The summed E-state index contributed by atoms with van der Waals surface area (Å²) in [6.45, 7) is 0. The first-order chi connectivity index (χ1) is 5.77. The van der Waals surface area contributed by atoms with Crippen LogP contribution in [0.15, 0.2) is 0 Å². The number of aromatic amines is 1. The molecule has 60 valence electrons. The van der Waals surface area contributed by atoms with Crippen molar-refractivity contribution in [2.24, 2.45) is 0 Å². The fourth-order valence-electron chi connectivity index (χ4n) is 0.585. The number of nitriles is 2. The number of nitrogens with zero attached hydrogens (tertiary/aromatic N) is 3. The quantitative estimate of drug-likeness (QED) is 0.581. The van der Waals surface area contributed by atoms with E-state index in [0.717, 1.165) is 0 Å². The van der Waals surface area contributed by atoms with Crippen LogP contribution in [-0.2, 0) is 0 Å². The van der Waals surface area contributed by atoms with Crippen LogP contribution in [0, 0.1) is 23.0 Å². The maximum atomic E-state index is 8.12. The van der Waals surface area contributed by atoms with E-state index in [9.17, 15) is 0 Å². The van der Waals surface area contributed by atoms with Crippen molar-refractivity contribution in [3.63, 3.8) is 0 Å². The SMILES string of the molecule is N#COc1nc(N)[nH]c1OC#N. The normalized spacial score (nSPS) is 8.17. The molecule has 0 aliphatic rings. The Hall–Kier alpha value is -2.41. The van der Waals surface area contributed by atoms with Gasteiger partial charge in [0, 0.05) is 0 Å². The second-order valence-corrected chi connectivity index (χ2v) is 1.64. The lowest BCUT2D eigenvalue weighted by atomic mass is 10.8. The van der Waals surface area contributed by atoms with Crippen molar-refractivity contribution in [3.05, 3.63) is 0 Å². The monoisotopic (exact) mass is 165 g/mol. The third-order valence-corrected chi connectivity index (χ3v) is 0.948. The topological polar surface area (TPSA) is 121 Å². The van der Waals surface area contributed by atoms with E-state index in [-0.39, 0.29) is 17.7 Å². The van der Waals surface area contributed by atoms with Crippen molar-refractivity contribution in [1.29, 1.82) is 10.5 Å². The van der Waals surface area contributed by atoms with Crippen molar-refractivity contribution in [1.82, 2.24) is 9.97 Å². The van der Waals surface area contributed by atoms with Gasteiger partial charge >= 0.3 is 0 Å². The minimum absolute atomic E-state index is 0.00509. The Labute approximate surface area is 66.9 Å². The van der Waals surface area contributed by atoms with E-state index in [0.29, 0.717) is 0 Å². The lowest BCUT2D eigenvalue weighted by Crippen LogP contribution is -1.87. The summed E-state index contributed by atoms with van der Waals surface area (Å²) in [4.78, 5) is 5.90. The molecule has 0 bridgehead atoms. The molecule has 7 nitrogen and oxygen atoms in total. The number of anilines is 1. The molecule has 1 rings (SSSR count). The number of rotatable bonds is 2. The molecule has 0 radical (unpaired) electrons. The van der Waals surface area contributed by atoms with E-state index in [1.165, 1.54) is 12.5 Å². The summed E-state index contributed by atoms with van der Waals surface area (Å²) >= 11 is 0. The summed E-state index contributed by atoms with van der Waals surface area (Å²) < 4.78 is 8.66. The molecule has 0 amide bonds. The van der Waals surface area contributed by atoms with Crippen LogP contribution in [0.4, 0.5) is 5.95 Å². The molecule has 7 heteroatoms. The van der Waals surface area contributed by atoms with E-state index < -0.39 is 0 Å². The molecule has 1 aromatic rings. The zero-order valence-corrected chi connectivity index (χ0v) is 5.74. The summed E-state index contributed by atoms with van der Waals surface area (Å²) in [6.07, 6.45) is 2.75. The summed E-state index contributed by atoms with van der Waals surface area (Å²) in [6, 6.07) is 0. The van der Waals surface area contributed by atoms with Crippen molar-refractivity contribution < 1.29 is 9.47 Å². The number of nitrogens with two attached hydrogens (primary N) is 1. The van der Waals surface area contributed by atoms with Gasteiger partial charge in [-0.1, -0.05) is 0 Å². The predicted octanol–water partition coefficient (Wildman–Crippen LogP) is -0.288. The van der Waals surface area contributed by atoms with Gasteiger partial charge in [-0.2, -0.15) is 4.98 Å². The first-order valence-corrected chi connectivity index (χ1v) is 2.75. The molecule has 12 heavy (non-hydrogen) atoms. The Balaban J connectivity index is 2.95. The van der Waals surface area contributed by atoms with E-state index in [1.54, 1.807) is 0 Å². The number of H-pyrrole nitrogens is 1. The molecule has 0 aromatic carbocycles. The first-order valence-electron chi connectivity index (χ1n) is 2.75. The Morgan fingerprint density at radius 1 is 1.33 bits per heavy atom. The Morgan fingerprint density at radius 2 is 2.00 bits per heavy atom. The second-order valence-electron chi connectivity index (χ2n) is 1.64. The number of nitrogens with one attached hydrogen (secondary N) is 1. The number of hydrogen-bond acceptors (Lipinski definition) is 6. The van der Waals surface area contributed by atoms with Crippen molar-refractivity contribution in [3.8, 4) is 24.3 Å². The lowest BCUT2D eigenvalue weighted by molar-refractivity contribution is 0.424. The van der Waals surface area contributed by atoms with Gasteiger partial charge in [-0.05, 0) is 0 Å². The maximum Gasteiger partial charge on any atom is 0.298 e. The zero-order valence-electron chi connectivity index (χ0n) is 5.74. The average molecular weight is 165 g/mol. The van der Waals surface area contributed by atoms with Crippen molar-refractivity contribution in [2.45, 2.75) is 0 Å². The standard InChI is InChI=1S/C5H3N5O2/c6-1-11-3-4(12-2-7)10-5(8)9-3/h(H3,8,9,10). The molecule has 0 aliphatic carbocycles. The third-order valence-electron chi connectivity index (χ3n) is 0.948. The van der Waals surface area contributed by atoms with E-state index >= 15 is 0 Å². The van der Waals surface area contributed by atoms with Crippen LogP contribution in [0.5, 0.6) is 11.8 Å². The highest BCUT2D eigenvalue weighted by Crippen LogP contribution is 2.23. The number of aromatic nitrogens is 2. The summed E-state index contributed by atoms with van der Waals surface area (Å²) in [5, 5.41) is 16.2. The van der Waals surface area contributed by atoms with Crippen LogP contribution in [0.25, 0.3) is 0 Å². The Morgan fingerprint density at radius 3 is 2.58 bits per heavy atom. The minimum Gasteiger partial charge on any atom is -0.369 e. The largest absolute Gasteiger partial charge is 0.369 e.